The van der Waals surface area contributed by atoms with Crippen LogP contribution in [0.25, 0.3) is 6.08 Å². The molecule has 3 aromatic rings. The van der Waals surface area contributed by atoms with E-state index < -0.39 is 12.0 Å². The number of carbonyl (C=O) groups is 1. The molecule has 0 aliphatic carbocycles. The Hall–Kier alpha value is -3.65. The minimum absolute atomic E-state index is 0.209. The summed E-state index contributed by atoms with van der Waals surface area (Å²) in [5, 5.41) is 0. The number of allylic oxidation sites excluding steroid dienone is 1. The first-order valence-electron chi connectivity index (χ1n) is 12.9. The fraction of sp³-hybridized carbons (Fsp3) is 0.367. The number of hydrogen-bond acceptors (Lipinski definition) is 7. The molecule has 8 heteroatoms. The van der Waals surface area contributed by atoms with Crippen molar-refractivity contribution in [1.29, 1.82) is 0 Å². The Balaban J connectivity index is 1.95. The van der Waals surface area contributed by atoms with Gasteiger partial charge in [-0.1, -0.05) is 68.9 Å². The highest BCUT2D eigenvalue weighted by atomic mass is 32.1. The van der Waals surface area contributed by atoms with E-state index in [1.165, 1.54) is 16.9 Å². The molecule has 0 bridgehead atoms. The molecule has 0 amide bonds. The van der Waals surface area contributed by atoms with Crippen LogP contribution in [0.4, 0.5) is 0 Å². The van der Waals surface area contributed by atoms with Crippen LogP contribution < -0.4 is 24.4 Å². The van der Waals surface area contributed by atoms with Crippen molar-refractivity contribution >= 4 is 23.4 Å². The normalized spacial score (nSPS) is 15.3. The van der Waals surface area contributed by atoms with Gasteiger partial charge in [-0.25, -0.2) is 9.79 Å². The van der Waals surface area contributed by atoms with E-state index in [0.717, 1.165) is 17.5 Å². The van der Waals surface area contributed by atoms with Crippen molar-refractivity contribution in [2.75, 3.05) is 20.8 Å². The Kier molecular flexibility index (Phi) is 8.52. The summed E-state index contributed by atoms with van der Waals surface area (Å²) in [5.74, 6) is 1.11. The van der Waals surface area contributed by atoms with Gasteiger partial charge < -0.3 is 14.2 Å². The first-order valence-corrected chi connectivity index (χ1v) is 13.7. The molecular weight excluding hydrogens is 500 g/mol. The summed E-state index contributed by atoms with van der Waals surface area (Å²) in [7, 11) is 3.16. The number of aromatic nitrogens is 1. The van der Waals surface area contributed by atoms with E-state index in [0.29, 0.717) is 44.4 Å². The van der Waals surface area contributed by atoms with Gasteiger partial charge in [0.15, 0.2) is 16.3 Å². The van der Waals surface area contributed by atoms with Crippen molar-refractivity contribution in [2.45, 2.75) is 52.5 Å². The molecule has 2 aromatic carbocycles. The lowest BCUT2D eigenvalue weighted by Gasteiger charge is -2.26. The van der Waals surface area contributed by atoms with Gasteiger partial charge in [0.25, 0.3) is 5.56 Å². The minimum Gasteiger partial charge on any atom is -0.493 e. The molecule has 0 unspecified atom stereocenters. The second kappa shape index (κ2) is 11.8. The monoisotopic (exact) mass is 534 g/mol. The SMILES string of the molecule is CCCC1=C(C(=O)OCC)[C@H](c2ccc(C(C)C)cc2)n2c(s/c(=C\c3ccc(OC)c(OC)c3)c2=O)=N1. The number of thiazole rings is 1. The second-order valence-electron chi connectivity index (χ2n) is 9.35. The van der Waals surface area contributed by atoms with Crippen LogP contribution in [0.5, 0.6) is 11.5 Å². The summed E-state index contributed by atoms with van der Waals surface area (Å²) in [6, 6.07) is 13.0. The minimum atomic E-state index is -0.624. The second-order valence-corrected chi connectivity index (χ2v) is 10.4. The van der Waals surface area contributed by atoms with Crippen molar-refractivity contribution < 1.29 is 19.0 Å². The number of esters is 1. The molecule has 1 atom stereocenters. The van der Waals surface area contributed by atoms with Crippen molar-refractivity contribution in [1.82, 2.24) is 4.57 Å². The highest BCUT2D eigenvalue weighted by Gasteiger charge is 2.34. The summed E-state index contributed by atoms with van der Waals surface area (Å²) in [6.07, 6.45) is 3.23. The van der Waals surface area contributed by atoms with Gasteiger partial charge in [-0.05, 0) is 54.2 Å². The predicted octanol–water partition coefficient (Wildman–Crippen LogP) is 4.72. The highest BCUT2D eigenvalue weighted by molar-refractivity contribution is 7.07. The maximum Gasteiger partial charge on any atom is 0.338 e. The summed E-state index contributed by atoms with van der Waals surface area (Å²) < 4.78 is 18.4. The van der Waals surface area contributed by atoms with E-state index in [9.17, 15) is 9.59 Å². The molecule has 1 aromatic heterocycles. The zero-order valence-electron chi connectivity index (χ0n) is 22.7. The lowest BCUT2D eigenvalue weighted by Crippen LogP contribution is -2.40. The van der Waals surface area contributed by atoms with Crippen LogP contribution >= 0.6 is 11.3 Å². The maximum absolute atomic E-state index is 13.9. The predicted molar refractivity (Wildman–Crippen MR) is 150 cm³/mol. The van der Waals surface area contributed by atoms with Crippen LogP contribution in [0.1, 0.15) is 69.2 Å². The molecule has 4 rings (SSSR count). The van der Waals surface area contributed by atoms with Crippen LogP contribution in [0.15, 0.2) is 63.5 Å². The van der Waals surface area contributed by atoms with E-state index >= 15 is 0 Å². The molecule has 38 heavy (non-hydrogen) atoms. The summed E-state index contributed by atoms with van der Waals surface area (Å²) in [6.45, 7) is 8.34. The molecule has 0 fully saturated rings. The molecule has 200 valence electrons. The number of nitrogens with zero attached hydrogens (tertiary/aromatic N) is 2. The van der Waals surface area contributed by atoms with Crippen molar-refractivity contribution in [3.05, 3.63) is 90.1 Å². The molecule has 0 saturated heterocycles. The highest BCUT2D eigenvalue weighted by Crippen LogP contribution is 2.33. The molecule has 0 spiro atoms. The number of fused-ring (bicyclic) bond motifs is 1. The van der Waals surface area contributed by atoms with Gasteiger partial charge in [0.05, 0.1) is 42.7 Å². The number of hydrogen-bond donors (Lipinski definition) is 0. The van der Waals surface area contributed by atoms with Crippen LogP contribution in [0.2, 0.25) is 0 Å². The van der Waals surface area contributed by atoms with Crippen LogP contribution in [-0.4, -0.2) is 31.4 Å². The molecule has 2 heterocycles. The molecule has 0 N–H and O–H groups in total. The fourth-order valence-electron chi connectivity index (χ4n) is 4.59. The summed E-state index contributed by atoms with van der Waals surface area (Å²) in [5.41, 5.74) is 3.71. The lowest BCUT2D eigenvalue weighted by molar-refractivity contribution is -0.139. The molecule has 0 saturated carbocycles. The first kappa shape index (κ1) is 27.4. The Morgan fingerprint density at radius 2 is 1.79 bits per heavy atom. The summed E-state index contributed by atoms with van der Waals surface area (Å²) in [4.78, 5) is 32.6. The van der Waals surface area contributed by atoms with E-state index in [2.05, 4.69) is 26.0 Å². The third-order valence-corrected chi connectivity index (χ3v) is 7.50. The third-order valence-electron chi connectivity index (χ3n) is 6.52. The van der Waals surface area contributed by atoms with Gasteiger partial charge in [-0.15, -0.1) is 0 Å². The molecule has 1 aliphatic heterocycles. The fourth-order valence-corrected chi connectivity index (χ4v) is 5.61. The van der Waals surface area contributed by atoms with Gasteiger partial charge in [0.1, 0.15) is 0 Å². The third kappa shape index (κ3) is 5.31. The van der Waals surface area contributed by atoms with Gasteiger partial charge >= 0.3 is 5.97 Å². The van der Waals surface area contributed by atoms with E-state index in [4.69, 9.17) is 19.2 Å². The topological polar surface area (TPSA) is 79.1 Å². The number of rotatable bonds is 9. The zero-order valence-corrected chi connectivity index (χ0v) is 23.6. The van der Waals surface area contributed by atoms with Gasteiger partial charge in [0.2, 0.25) is 0 Å². The zero-order chi connectivity index (χ0) is 27.4. The smallest absolute Gasteiger partial charge is 0.338 e. The molecule has 1 aliphatic rings. The lowest BCUT2D eigenvalue weighted by atomic mass is 9.92. The number of benzene rings is 2. The number of carbonyl (C=O) groups excluding carboxylic acids is 1. The van der Waals surface area contributed by atoms with Crippen molar-refractivity contribution in [3.8, 4) is 11.5 Å². The molecule has 0 radical (unpaired) electrons. The number of ether oxygens (including phenoxy) is 3. The van der Waals surface area contributed by atoms with E-state index in [-0.39, 0.29) is 12.2 Å². The van der Waals surface area contributed by atoms with Gasteiger partial charge in [0, 0.05) is 0 Å². The summed E-state index contributed by atoms with van der Waals surface area (Å²) >= 11 is 1.31. The van der Waals surface area contributed by atoms with Crippen molar-refractivity contribution in [3.63, 3.8) is 0 Å². The Morgan fingerprint density at radius 3 is 2.39 bits per heavy atom. The largest absolute Gasteiger partial charge is 0.493 e. The van der Waals surface area contributed by atoms with Gasteiger partial charge in [-0.2, -0.15) is 0 Å². The average molecular weight is 535 g/mol. The quantitative estimate of drug-likeness (QED) is 0.371. The van der Waals surface area contributed by atoms with E-state index in [1.807, 2.05) is 37.3 Å². The molecular formula is C30H34N2O5S. The van der Waals surface area contributed by atoms with Crippen LogP contribution in [-0.2, 0) is 9.53 Å². The Morgan fingerprint density at radius 1 is 1.08 bits per heavy atom. The first-order chi connectivity index (χ1) is 18.3. The van der Waals surface area contributed by atoms with E-state index in [1.54, 1.807) is 31.8 Å². The van der Waals surface area contributed by atoms with Gasteiger partial charge in [-0.3, -0.25) is 9.36 Å². The Labute approximate surface area is 226 Å². The average Bonchev–Trinajstić information content (AvgIpc) is 3.22. The Bertz CT molecular complexity index is 1530. The number of methoxy groups -OCH3 is 2. The van der Waals surface area contributed by atoms with Crippen molar-refractivity contribution in [2.24, 2.45) is 4.99 Å². The van der Waals surface area contributed by atoms with Crippen LogP contribution in [0, 0.1) is 0 Å². The molecule has 7 nitrogen and oxygen atoms in total. The maximum atomic E-state index is 13.9. The van der Waals surface area contributed by atoms with Crippen LogP contribution in [0.3, 0.4) is 0 Å². The standard InChI is InChI=1S/C30H34N2O5S/c1-7-9-22-26(29(34)37-8-2)27(21-13-11-20(12-14-21)18(3)4)32-28(33)25(38-30(32)31-22)17-19-10-15-23(35-5)24(16-19)36-6/h10-18,27H,7-9H2,1-6H3/b25-17-/t27-/m0/s1.